The maximum atomic E-state index is 12.4. The van der Waals surface area contributed by atoms with Crippen LogP contribution in [0.2, 0.25) is 0 Å². The van der Waals surface area contributed by atoms with Crippen LogP contribution >= 0.6 is 0 Å². The number of hydrogen-bond acceptors (Lipinski definition) is 5. The third kappa shape index (κ3) is 3.24. The van der Waals surface area contributed by atoms with E-state index in [-0.39, 0.29) is 18.4 Å². The standard InChI is InChI=1S/C19H22N4O3/c1-10(2)23-18-14(8-20-23)7-16(13(5)22-18)19(25)26-9-17(24)15-6-11(3)21-12(15)4/h6-8,10,21H,9H2,1-5H3. The molecule has 0 saturated carbocycles. The maximum Gasteiger partial charge on any atom is 0.340 e. The number of ether oxygens (including phenoxy) is 1. The van der Waals surface area contributed by atoms with Crippen LogP contribution in [0.5, 0.6) is 0 Å². The van der Waals surface area contributed by atoms with Gasteiger partial charge in [-0.1, -0.05) is 0 Å². The summed E-state index contributed by atoms with van der Waals surface area (Å²) in [5, 5.41) is 5.07. The van der Waals surface area contributed by atoms with Crippen LogP contribution < -0.4 is 0 Å². The predicted octanol–water partition coefficient (Wildman–Crippen LogP) is 3.31. The Kier molecular flexibility index (Phi) is 4.63. The monoisotopic (exact) mass is 354 g/mol. The summed E-state index contributed by atoms with van der Waals surface area (Å²) in [6.45, 7) is 9.16. The minimum atomic E-state index is -0.563. The zero-order chi connectivity index (χ0) is 19.0. The molecule has 0 saturated heterocycles. The third-order valence-corrected chi connectivity index (χ3v) is 4.25. The molecule has 26 heavy (non-hydrogen) atoms. The topological polar surface area (TPSA) is 89.9 Å². The number of aromatic nitrogens is 4. The molecule has 0 spiro atoms. The van der Waals surface area contributed by atoms with Crippen molar-refractivity contribution in [1.82, 2.24) is 19.7 Å². The first kappa shape index (κ1) is 17.8. The minimum Gasteiger partial charge on any atom is -0.454 e. The normalized spacial score (nSPS) is 11.3. The Hall–Kier alpha value is -2.96. The van der Waals surface area contributed by atoms with Gasteiger partial charge in [0.25, 0.3) is 0 Å². The van der Waals surface area contributed by atoms with Gasteiger partial charge in [0.05, 0.1) is 17.5 Å². The fourth-order valence-corrected chi connectivity index (χ4v) is 2.95. The molecule has 3 aromatic rings. The van der Waals surface area contributed by atoms with Gasteiger partial charge in [0.2, 0.25) is 5.78 Å². The van der Waals surface area contributed by atoms with Crippen LogP contribution in [0.25, 0.3) is 11.0 Å². The van der Waals surface area contributed by atoms with Crippen molar-refractivity contribution < 1.29 is 14.3 Å². The maximum absolute atomic E-state index is 12.4. The first-order chi connectivity index (χ1) is 12.3. The van der Waals surface area contributed by atoms with Gasteiger partial charge >= 0.3 is 5.97 Å². The average molecular weight is 354 g/mol. The Morgan fingerprint density at radius 1 is 1.19 bits per heavy atom. The minimum absolute atomic E-state index is 0.169. The van der Waals surface area contributed by atoms with E-state index in [0.717, 1.165) is 22.4 Å². The van der Waals surface area contributed by atoms with Crippen molar-refractivity contribution in [3.8, 4) is 0 Å². The molecular weight excluding hydrogens is 332 g/mol. The molecule has 0 radical (unpaired) electrons. The zero-order valence-electron chi connectivity index (χ0n) is 15.6. The van der Waals surface area contributed by atoms with Gasteiger partial charge in [0.1, 0.15) is 0 Å². The van der Waals surface area contributed by atoms with E-state index in [1.165, 1.54) is 0 Å². The molecule has 3 heterocycles. The Balaban J connectivity index is 1.78. The van der Waals surface area contributed by atoms with Crippen LogP contribution in [0.4, 0.5) is 0 Å². The summed E-state index contributed by atoms with van der Waals surface area (Å²) in [5.74, 6) is -0.799. The second-order valence-electron chi connectivity index (χ2n) is 6.71. The number of carbonyl (C=O) groups excluding carboxylic acids is 2. The molecule has 0 unspecified atom stereocenters. The number of Topliss-reactive ketones (excluding diaryl/α,β-unsaturated/α-hetero) is 1. The van der Waals surface area contributed by atoms with Gasteiger partial charge in [-0.15, -0.1) is 0 Å². The van der Waals surface area contributed by atoms with E-state index in [9.17, 15) is 9.59 Å². The molecule has 0 aliphatic carbocycles. The molecule has 0 bridgehead atoms. The molecule has 0 aliphatic heterocycles. The van der Waals surface area contributed by atoms with Crippen molar-refractivity contribution in [3.05, 3.63) is 46.5 Å². The number of ketones is 1. The average Bonchev–Trinajstić information content (AvgIpc) is 3.13. The molecule has 1 N–H and O–H groups in total. The third-order valence-electron chi connectivity index (χ3n) is 4.25. The van der Waals surface area contributed by atoms with Gasteiger partial charge in [-0.2, -0.15) is 5.10 Å². The van der Waals surface area contributed by atoms with Crippen LogP contribution in [0.3, 0.4) is 0 Å². The molecule has 3 aromatic heterocycles. The second kappa shape index (κ2) is 6.74. The van der Waals surface area contributed by atoms with Gasteiger partial charge < -0.3 is 9.72 Å². The number of aromatic amines is 1. The Bertz CT molecular complexity index is 998. The van der Waals surface area contributed by atoms with Crippen molar-refractivity contribution >= 4 is 22.8 Å². The lowest BCUT2D eigenvalue weighted by Gasteiger charge is -2.09. The fraction of sp³-hybridized carbons (Fsp3) is 0.368. The van der Waals surface area contributed by atoms with E-state index in [4.69, 9.17) is 4.74 Å². The molecule has 3 rings (SSSR count). The summed E-state index contributed by atoms with van der Waals surface area (Å²) in [6, 6.07) is 3.63. The van der Waals surface area contributed by atoms with Crippen molar-refractivity contribution in [1.29, 1.82) is 0 Å². The van der Waals surface area contributed by atoms with Gasteiger partial charge in [0, 0.05) is 28.4 Å². The summed E-state index contributed by atoms with van der Waals surface area (Å²) in [4.78, 5) is 32.2. The van der Waals surface area contributed by atoms with E-state index < -0.39 is 5.97 Å². The summed E-state index contributed by atoms with van der Waals surface area (Å²) < 4.78 is 7.03. The molecule has 7 heteroatoms. The highest BCUT2D eigenvalue weighted by Gasteiger charge is 2.19. The lowest BCUT2D eigenvalue weighted by atomic mass is 10.1. The van der Waals surface area contributed by atoms with E-state index in [2.05, 4.69) is 15.1 Å². The van der Waals surface area contributed by atoms with E-state index in [1.54, 1.807) is 29.9 Å². The SMILES string of the molecule is Cc1cc(C(=O)COC(=O)c2cc3cnn(C(C)C)c3nc2C)c(C)[nH]1. The summed E-state index contributed by atoms with van der Waals surface area (Å²) in [6.07, 6.45) is 1.68. The van der Waals surface area contributed by atoms with Crippen molar-refractivity contribution in [2.24, 2.45) is 0 Å². The summed E-state index contributed by atoms with van der Waals surface area (Å²) in [5.41, 5.74) is 3.82. The molecule has 0 aromatic carbocycles. The number of nitrogens with one attached hydrogen (secondary N) is 1. The second-order valence-corrected chi connectivity index (χ2v) is 6.71. The Morgan fingerprint density at radius 3 is 2.54 bits per heavy atom. The number of carbonyl (C=O) groups is 2. The highest BCUT2D eigenvalue weighted by atomic mass is 16.5. The molecular formula is C19H22N4O3. The van der Waals surface area contributed by atoms with Crippen LogP contribution in [0.15, 0.2) is 18.3 Å². The van der Waals surface area contributed by atoms with Gasteiger partial charge in [-0.25, -0.2) is 14.5 Å². The van der Waals surface area contributed by atoms with E-state index in [1.807, 2.05) is 27.7 Å². The quantitative estimate of drug-likeness (QED) is 0.561. The van der Waals surface area contributed by atoms with Gasteiger partial charge in [-0.3, -0.25) is 4.79 Å². The molecule has 0 fully saturated rings. The lowest BCUT2D eigenvalue weighted by Crippen LogP contribution is -2.16. The van der Waals surface area contributed by atoms with Crippen molar-refractivity contribution in [3.63, 3.8) is 0 Å². The highest BCUT2D eigenvalue weighted by Crippen LogP contribution is 2.20. The Morgan fingerprint density at radius 2 is 1.92 bits per heavy atom. The number of H-pyrrole nitrogens is 1. The van der Waals surface area contributed by atoms with Gasteiger partial charge in [0.15, 0.2) is 12.3 Å². The van der Waals surface area contributed by atoms with Crippen LogP contribution in [-0.4, -0.2) is 38.1 Å². The zero-order valence-corrected chi connectivity index (χ0v) is 15.6. The first-order valence-corrected chi connectivity index (χ1v) is 8.49. The number of rotatable bonds is 5. The largest absolute Gasteiger partial charge is 0.454 e. The molecule has 0 aliphatic rings. The van der Waals surface area contributed by atoms with Crippen LogP contribution in [0.1, 0.15) is 57.7 Å². The fourth-order valence-electron chi connectivity index (χ4n) is 2.95. The first-order valence-electron chi connectivity index (χ1n) is 8.49. The molecule has 0 atom stereocenters. The number of hydrogen-bond donors (Lipinski definition) is 1. The smallest absolute Gasteiger partial charge is 0.340 e. The summed E-state index contributed by atoms with van der Waals surface area (Å²) >= 11 is 0. The molecule has 136 valence electrons. The van der Waals surface area contributed by atoms with Gasteiger partial charge in [-0.05, 0) is 46.8 Å². The number of pyridine rings is 1. The molecule has 7 nitrogen and oxygen atoms in total. The predicted molar refractivity (Wildman–Crippen MR) is 97.5 cm³/mol. The number of esters is 1. The number of nitrogens with zero attached hydrogens (tertiary/aromatic N) is 3. The number of fused-ring (bicyclic) bond motifs is 1. The summed E-state index contributed by atoms with van der Waals surface area (Å²) in [7, 11) is 0. The van der Waals surface area contributed by atoms with E-state index in [0.29, 0.717) is 16.8 Å². The Labute approximate surface area is 151 Å². The highest BCUT2D eigenvalue weighted by molar-refractivity contribution is 6.01. The van der Waals surface area contributed by atoms with Crippen molar-refractivity contribution in [2.45, 2.75) is 40.7 Å². The number of aryl methyl sites for hydroxylation is 3. The molecule has 0 amide bonds. The van der Waals surface area contributed by atoms with Crippen LogP contribution in [0, 0.1) is 20.8 Å². The van der Waals surface area contributed by atoms with Crippen molar-refractivity contribution in [2.75, 3.05) is 6.61 Å². The lowest BCUT2D eigenvalue weighted by molar-refractivity contribution is 0.0473. The van der Waals surface area contributed by atoms with E-state index >= 15 is 0 Å². The van der Waals surface area contributed by atoms with Crippen LogP contribution in [-0.2, 0) is 4.74 Å².